The van der Waals surface area contributed by atoms with Crippen molar-refractivity contribution < 1.29 is 33.6 Å². The number of nitrogens with one attached hydrogen (secondary N) is 1. The molecule has 1 aliphatic rings. The van der Waals surface area contributed by atoms with E-state index < -0.39 is 48.8 Å². The van der Waals surface area contributed by atoms with Crippen LogP contribution in [-0.4, -0.2) is 53.9 Å². The first kappa shape index (κ1) is 27.5. The monoisotopic (exact) mass is 494 g/mol. The number of ether oxygens (including phenoxy) is 1. The van der Waals surface area contributed by atoms with Crippen LogP contribution in [0.1, 0.15) is 46.6 Å². The second-order valence-electron chi connectivity index (χ2n) is 10.4. The average Bonchev–Trinajstić information content (AvgIpc) is 2.69. The van der Waals surface area contributed by atoms with Gasteiger partial charge in [-0.25, -0.2) is 4.79 Å². The van der Waals surface area contributed by atoms with Gasteiger partial charge in [0.1, 0.15) is 0 Å². The molecule has 1 aromatic rings. The highest BCUT2D eigenvalue weighted by Crippen LogP contribution is 2.40. The first-order chi connectivity index (χ1) is 15.5. The van der Waals surface area contributed by atoms with E-state index in [2.05, 4.69) is 26.1 Å². The number of aryl methyl sites for hydroxylation is 1. The van der Waals surface area contributed by atoms with Crippen molar-refractivity contribution in [3.63, 3.8) is 0 Å². The summed E-state index contributed by atoms with van der Waals surface area (Å²) < 4.78 is 11.7. The molecule has 0 unspecified atom stereocenters. The van der Waals surface area contributed by atoms with Crippen molar-refractivity contribution in [2.75, 3.05) is 0 Å². The number of carbonyl (C=O) groups excluding carboxylic acids is 2. The Morgan fingerprint density at radius 1 is 1.21 bits per heavy atom. The molecule has 34 heavy (non-hydrogen) atoms. The van der Waals surface area contributed by atoms with Gasteiger partial charge in [0.2, 0.25) is 11.5 Å². The van der Waals surface area contributed by atoms with Crippen molar-refractivity contribution in [2.45, 2.75) is 83.3 Å². The van der Waals surface area contributed by atoms with E-state index in [1.807, 2.05) is 13.1 Å². The second kappa shape index (κ2) is 9.83. The average molecular weight is 495 g/mol. The Kier molecular flexibility index (Phi) is 7.93. The lowest BCUT2D eigenvalue weighted by atomic mass is 9.76. The van der Waals surface area contributed by atoms with Crippen molar-refractivity contribution in [3.05, 3.63) is 39.9 Å². The number of amides is 1. The van der Waals surface area contributed by atoms with Crippen LogP contribution in [0.25, 0.3) is 0 Å². The number of nitro groups is 1. The largest absolute Gasteiger partial charge is 0.478 e. The molecule has 1 fully saturated rings. The molecule has 1 saturated heterocycles. The maximum Gasteiger partial charge on any atom is 0.350 e. The minimum atomic E-state index is -2.23. The second-order valence-corrected chi connectivity index (χ2v) is 15.2. The first-order valence-corrected chi connectivity index (χ1v) is 14.1. The smallest absolute Gasteiger partial charge is 0.350 e. The molecule has 10 nitrogen and oxygen atoms in total. The molecule has 2 rings (SSSR count). The van der Waals surface area contributed by atoms with E-state index in [1.165, 1.54) is 31.2 Å². The van der Waals surface area contributed by atoms with Crippen LogP contribution >= 0.6 is 0 Å². The van der Waals surface area contributed by atoms with Crippen LogP contribution < -0.4 is 5.32 Å². The highest BCUT2D eigenvalue weighted by Gasteiger charge is 2.59. The number of carboxylic acid groups (broad SMARTS) is 1. The number of hydrogen-bond donors (Lipinski definition) is 2. The molecule has 1 amide bonds. The zero-order chi connectivity index (χ0) is 26.1. The van der Waals surface area contributed by atoms with Crippen LogP contribution in [0.4, 0.5) is 5.69 Å². The Hall–Kier alpha value is -2.79. The van der Waals surface area contributed by atoms with E-state index in [9.17, 15) is 29.6 Å². The summed E-state index contributed by atoms with van der Waals surface area (Å²) in [5, 5.41) is 23.2. The highest BCUT2D eigenvalue weighted by atomic mass is 28.4. The quantitative estimate of drug-likeness (QED) is 0.165. The van der Waals surface area contributed by atoms with E-state index in [0.717, 1.165) is 0 Å². The van der Waals surface area contributed by atoms with Crippen LogP contribution in [0.5, 0.6) is 0 Å². The van der Waals surface area contributed by atoms with Gasteiger partial charge in [-0.05, 0) is 44.0 Å². The standard InChI is InChI=1S/C23H34N2O8Si/c1-14(33-34(6,7)22(2,3)4)18-19(24-20(18)27)23(5,21(28)29)32-17(26)13-10-15-8-11-16(12-9-15)25(30)31/h8-9,11-12,14,18-19H,10,13H2,1-7H3,(H,24,27)(H,28,29)/t14-,18-,19+,23-/m1/s1. The van der Waals surface area contributed by atoms with Gasteiger partial charge in [-0.3, -0.25) is 19.7 Å². The summed E-state index contributed by atoms with van der Waals surface area (Å²) in [5.41, 5.74) is -1.37. The molecular formula is C23H34N2O8Si. The first-order valence-electron chi connectivity index (χ1n) is 11.2. The van der Waals surface area contributed by atoms with Crippen LogP contribution in [0.3, 0.4) is 0 Å². The number of aliphatic carboxylic acids is 1. The molecule has 188 valence electrons. The number of β-lactam (4-membered cyclic amide) rings is 1. The number of rotatable bonds is 10. The molecule has 1 heterocycles. The van der Waals surface area contributed by atoms with Gasteiger partial charge < -0.3 is 19.6 Å². The number of nitro benzene ring substituents is 1. The summed E-state index contributed by atoms with van der Waals surface area (Å²) in [4.78, 5) is 47.3. The summed E-state index contributed by atoms with van der Waals surface area (Å²) >= 11 is 0. The normalized spacial score (nSPS) is 21.0. The number of benzene rings is 1. The molecule has 1 aliphatic heterocycles. The fourth-order valence-electron chi connectivity index (χ4n) is 3.63. The number of nitrogens with zero attached hydrogens (tertiary/aromatic N) is 1. The van der Waals surface area contributed by atoms with Crippen LogP contribution in [0.2, 0.25) is 18.1 Å². The number of non-ortho nitro benzene ring substituents is 1. The third-order valence-corrected chi connectivity index (χ3v) is 11.4. The zero-order valence-electron chi connectivity index (χ0n) is 20.7. The Bertz CT molecular complexity index is 957. The van der Waals surface area contributed by atoms with Crippen molar-refractivity contribution >= 4 is 31.9 Å². The number of carboxylic acids is 1. The molecule has 0 aromatic heterocycles. The predicted molar refractivity (Wildman–Crippen MR) is 127 cm³/mol. The van der Waals surface area contributed by atoms with E-state index in [-0.39, 0.29) is 29.5 Å². The minimum Gasteiger partial charge on any atom is -0.478 e. The molecule has 1 aromatic carbocycles. The van der Waals surface area contributed by atoms with Gasteiger partial charge in [-0.15, -0.1) is 0 Å². The molecule has 4 atom stereocenters. The van der Waals surface area contributed by atoms with E-state index >= 15 is 0 Å². The molecule has 0 saturated carbocycles. The van der Waals surface area contributed by atoms with E-state index in [1.54, 1.807) is 6.92 Å². The third-order valence-electron chi connectivity index (χ3n) is 6.86. The van der Waals surface area contributed by atoms with Gasteiger partial charge >= 0.3 is 11.9 Å². The summed E-state index contributed by atoms with van der Waals surface area (Å²) in [6, 6.07) is 4.79. The molecule has 0 aliphatic carbocycles. The van der Waals surface area contributed by atoms with Gasteiger partial charge in [-0.2, -0.15) is 0 Å². The topological polar surface area (TPSA) is 145 Å². The molecule has 0 spiro atoms. The fraction of sp³-hybridized carbons (Fsp3) is 0.609. The van der Waals surface area contributed by atoms with Crippen molar-refractivity contribution in [2.24, 2.45) is 5.92 Å². The third kappa shape index (κ3) is 5.82. The Morgan fingerprint density at radius 2 is 1.76 bits per heavy atom. The minimum absolute atomic E-state index is 0.0643. The maximum atomic E-state index is 12.5. The number of hydrogen-bond acceptors (Lipinski definition) is 7. The summed E-state index contributed by atoms with van der Waals surface area (Å²) in [5.74, 6) is -3.24. The molecule has 11 heteroatoms. The highest BCUT2D eigenvalue weighted by molar-refractivity contribution is 6.74. The summed E-state index contributed by atoms with van der Waals surface area (Å²) in [6.07, 6.45) is -0.461. The van der Waals surface area contributed by atoms with Crippen molar-refractivity contribution in [3.8, 4) is 0 Å². The van der Waals surface area contributed by atoms with E-state index in [0.29, 0.717) is 5.56 Å². The van der Waals surface area contributed by atoms with Gasteiger partial charge in [0, 0.05) is 18.6 Å². The Morgan fingerprint density at radius 3 is 2.21 bits per heavy atom. The molecule has 0 radical (unpaired) electrons. The molecule has 2 N–H and O–H groups in total. The van der Waals surface area contributed by atoms with Crippen LogP contribution in [0.15, 0.2) is 24.3 Å². The van der Waals surface area contributed by atoms with Crippen molar-refractivity contribution in [1.82, 2.24) is 5.32 Å². The van der Waals surface area contributed by atoms with Crippen LogP contribution in [0, 0.1) is 16.0 Å². The van der Waals surface area contributed by atoms with Crippen molar-refractivity contribution in [1.29, 1.82) is 0 Å². The maximum absolute atomic E-state index is 12.5. The van der Waals surface area contributed by atoms with Gasteiger partial charge in [-0.1, -0.05) is 32.9 Å². The zero-order valence-corrected chi connectivity index (χ0v) is 21.7. The Labute approximate surface area is 200 Å². The fourth-order valence-corrected chi connectivity index (χ4v) is 5.06. The summed E-state index contributed by atoms with van der Waals surface area (Å²) in [6.45, 7) is 13.3. The lowest BCUT2D eigenvalue weighted by Crippen LogP contribution is -2.73. The van der Waals surface area contributed by atoms with Gasteiger partial charge in [0.05, 0.1) is 23.0 Å². The Balaban J connectivity index is 2.10. The summed E-state index contributed by atoms with van der Waals surface area (Å²) in [7, 11) is -2.23. The van der Waals surface area contributed by atoms with Crippen LogP contribution in [-0.2, 0) is 30.0 Å². The van der Waals surface area contributed by atoms with Gasteiger partial charge in [0.25, 0.3) is 5.69 Å². The SMILES string of the molecule is C[C@@H](O[Si](C)(C)C(C)(C)C)[C@H]1C(=O)N[C@@H]1[C@@](C)(OC(=O)CCc1ccc([N+](=O)[O-])cc1)C(=O)O. The number of carbonyl (C=O) groups is 3. The molecule has 0 bridgehead atoms. The number of esters is 1. The molecular weight excluding hydrogens is 460 g/mol. The van der Waals surface area contributed by atoms with Gasteiger partial charge in [0.15, 0.2) is 8.32 Å². The predicted octanol–water partition coefficient (Wildman–Crippen LogP) is 3.44. The lowest BCUT2D eigenvalue weighted by molar-refractivity contribution is -0.384. The van der Waals surface area contributed by atoms with E-state index in [4.69, 9.17) is 9.16 Å². The lowest BCUT2D eigenvalue weighted by Gasteiger charge is -2.49.